The van der Waals surface area contributed by atoms with E-state index >= 15 is 0 Å². The Labute approximate surface area is 157 Å². The fourth-order valence-electron chi connectivity index (χ4n) is 2.48. The number of anilines is 2. The van der Waals surface area contributed by atoms with Crippen LogP contribution in [-0.4, -0.2) is 36.4 Å². The molecule has 6 nitrogen and oxygen atoms in total. The number of aromatic nitrogens is 2. The lowest BCUT2D eigenvalue weighted by Gasteiger charge is -2.17. The number of nitrogens with one attached hydrogen (secondary N) is 2. The maximum Gasteiger partial charge on any atom is 0.263 e. The highest BCUT2D eigenvalue weighted by molar-refractivity contribution is 7.98. The molecule has 1 atom stereocenters. The molecule has 1 unspecified atom stereocenters. The van der Waals surface area contributed by atoms with Crippen molar-refractivity contribution in [3.05, 3.63) is 54.6 Å². The summed E-state index contributed by atoms with van der Waals surface area (Å²) in [5, 5.41) is 3.26. The molecular weight excluding hydrogens is 368 g/mol. The molecule has 1 aromatic heterocycles. The average Bonchev–Trinajstić information content (AvgIpc) is 2.63. The number of hydrogen-bond acceptors (Lipinski definition) is 6. The van der Waals surface area contributed by atoms with Crippen LogP contribution >= 0.6 is 11.8 Å². The van der Waals surface area contributed by atoms with E-state index in [1.807, 2.05) is 31.4 Å². The maximum atomic E-state index is 12.7. The molecule has 0 spiro atoms. The Morgan fingerprint density at radius 1 is 0.962 bits per heavy atom. The van der Waals surface area contributed by atoms with Crippen molar-refractivity contribution in [2.45, 2.75) is 17.9 Å². The highest BCUT2D eigenvalue weighted by Crippen LogP contribution is 2.25. The molecule has 0 aliphatic heterocycles. The van der Waals surface area contributed by atoms with E-state index < -0.39 is 10.0 Å². The van der Waals surface area contributed by atoms with Crippen LogP contribution in [0.3, 0.4) is 0 Å². The molecule has 8 heteroatoms. The van der Waals surface area contributed by atoms with Gasteiger partial charge in [-0.2, -0.15) is 11.8 Å². The molecule has 0 saturated carbocycles. The van der Waals surface area contributed by atoms with Gasteiger partial charge in [0, 0.05) is 11.8 Å². The first-order valence-corrected chi connectivity index (χ1v) is 11.0. The summed E-state index contributed by atoms with van der Waals surface area (Å²) in [6, 6.07) is 15.7. The summed E-state index contributed by atoms with van der Waals surface area (Å²) in [4.78, 5) is 9.22. The minimum Gasteiger partial charge on any atom is -0.364 e. The number of rotatable bonds is 7. The molecule has 1 heterocycles. The van der Waals surface area contributed by atoms with Gasteiger partial charge in [-0.3, -0.25) is 4.72 Å². The zero-order valence-electron chi connectivity index (χ0n) is 14.5. The second-order valence-electron chi connectivity index (χ2n) is 5.83. The Balaban J connectivity index is 2.02. The predicted octanol–water partition coefficient (Wildman–Crippen LogP) is 3.59. The Kier molecular flexibility index (Phi) is 5.63. The van der Waals surface area contributed by atoms with Crippen molar-refractivity contribution in [2.75, 3.05) is 22.0 Å². The van der Waals surface area contributed by atoms with Gasteiger partial charge in [0.15, 0.2) is 11.6 Å². The standard InChI is InChI=1S/C18H20N4O2S2/c1-13(12-25-2)19-17-18(21-16-11-7-6-10-15(16)20-17)22-26(23,24)14-8-4-3-5-9-14/h3-11,13H,12H2,1-2H3,(H,19,20)(H,21,22). The van der Waals surface area contributed by atoms with Crippen molar-refractivity contribution < 1.29 is 8.42 Å². The normalized spacial score (nSPS) is 12.7. The molecule has 0 amide bonds. The lowest BCUT2D eigenvalue weighted by molar-refractivity contribution is 0.601. The Bertz CT molecular complexity index is 995. The third-order valence-corrected chi connectivity index (χ3v) is 5.84. The molecule has 136 valence electrons. The number of para-hydroxylation sites is 2. The molecular formula is C18H20N4O2S2. The van der Waals surface area contributed by atoms with E-state index in [-0.39, 0.29) is 16.8 Å². The van der Waals surface area contributed by atoms with Gasteiger partial charge < -0.3 is 5.32 Å². The summed E-state index contributed by atoms with van der Waals surface area (Å²) in [7, 11) is -3.75. The van der Waals surface area contributed by atoms with Crippen molar-refractivity contribution in [1.82, 2.24) is 9.97 Å². The van der Waals surface area contributed by atoms with Gasteiger partial charge >= 0.3 is 0 Å². The molecule has 2 N–H and O–H groups in total. The van der Waals surface area contributed by atoms with Gasteiger partial charge in [-0.1, -0.05) is 30.3 Å². The van der Waals surface area contributed by atoms with E-state index in [9.17, 15) is 8.42 Å². The van der Waals surface area contributed by atoms with Gasteiger partial charge in [0.2, 0.25) is 0 Å². The topological polar surface area (TPSA) is 84.0 Å². The molecule has 0 saturated heterocycles. The van der Waals surface area contributed by atoms with Crippen LogP contribution in [0.5, 0.6) is 0 Å². The molecule has 0 fully saturated rings. The first kappa shape index (κ1) is 18.5. The minimum absolute atomic E-state index is 0.112. The number of thioether (sulfide) groups is 1. The summed E-state index contributed by atoms with van der Waals surface area (Å²) in [5.74, 6) is 1.48. The third kappa shape index (κ3) is 4.25. The monoisotopic (exact) mass is 388 g/mol. The van der Waals surface area contributed by atoms with Crippen LogP contribution in [0, 0.1) is 0 Å². The van der Waals surface area contributed by atoms with Gasteiger partial charge in [0.25, 0.3) is 10.0 Å². The van der Waals surface area contributed by atoms with Crippen LogP contribution in [0.4, 0.5) is 11.6 Å². The summed E-state index contributed by atoms with van der Waals surface area (Å²) < 4.78 is 28.0. The zero-order valence-corrected chi connectivity index (χ0v) is 16.1. The van der Waals surface area contributed by atoms with E-state index in [2.05, 4.69) is 20.0 Å². The zero-order chi connectivity index (χ0) is 18.6. The molecule has 0 bridgehead atoms. The van der Waals surface area contributed by atoms with Crippen LogP contribution in [0.25, 0.3) is 11.0 Å². The highest BCUT2D eigenvalue weighted by Gasteiger charge is 2.19. The summed E-state index contributed by atoms with van der Waals surface area (Å²) in [5.41, 5.74) is 1.33. The van der Waals surface area contributed by atoms with Gasteiger partial charge in [0.05, 0.1) is 15.9 Å². The minimum atomic E-state index is -3.75. The molecule has 0 aliphatic carbocycles. The van der Waals surface area contributed by atoms with E-state index in [1.165, 1.54) is 0 Å². The molecule has 26 heavy (non-hydrogen) atoms. The molecule has 3 aromatic rings. The van der Waals surface area contributed by atoms with Crippen LogP contribution < -0.4 is 10.0 Å². The van der Waals surface area contributed by atoms with Gasteiger partial charge in [-0.15, -0.1) is 0 Å². The van der Waals surface area contributed by atoms with E-state index in [0.717, 1.165) is 5.75 Å². The summed E-state index contributed by atoms with van der Waals surface area (Å²) in [6.45, 7) is 2.02. The Hall–Kier alpha value is -2.32. The van der Waals surface area contributed by atoms with E-state index in [4.69, 9.17) is 0 Å². The molecule has 3 rings (SSSR count). The largest absolute Gasteiger partial charge is 0.364 e. The molecule has 0 aliphatic rings. The number of hydrogen-bond donors (Lipinski definition) is 2. The number of fused-ring (bicyclic) bond motifs is 1. The first-order valence-electron chi connectivity index (χ1n) is 8.10. The smallest absolute Gasteiger partial charge is 0.263 e. The van der Waals surface area contributed by atoms with Crippen molar-refractivity contribution >= 4 is 44.5 Å². The van der Waals surface area contributed by atoms with Crippen LogP contribution in [-0.2, 0) is 10.0 Å². The highest BCUT2D eigenvalue weighted by atomic mass is 32.2. The van der Waals surface area contributed by atoms with Gasteiger partial charge in [-0.25, -0.2) is 18.4 Å². The van der Waals surface area contributed by atoms with E-state index in [1.54, 1.807) is 48.2 Å². The van der Waals surface area contributed by atoms with Crippen molar-refractivity contribution in [2.24, 2.45) is 0 Å². The average molecular weight is 389 g/mol. The fraction of sp³-hybridized carbons (Fsp3) is 0.222. The quantitative estimate of drug-likeness (QED) is 0.643. The second kappa shape index (κ2) is 7.92. The van der Waals surface area contributed by atoms with E-state index in [0.29, 0.717) is 16.9 Å². The van der Waals surface area contributed by atoms with Crippen molar-refractivity contribution in [3.63, 3.8) is 0 Å². The SMILES string of the molecule is CSCC(C)Nc1nc2ccccc2nc1NS(=O)(=O)c1ccccc1. The molecule has 2 aromatic carbocycles. The number of sulfonamides is 1. The van der Waals surface area contributed by atoms with Gasteiger partial charge in [0.1, 0.15) is 0 Å². The van der Waals surface area contributed by atoms with Crippen LogP contribution in [0.15, 0.2) is 59.5 Å². The summed E-state index contributed by atoms with van der Waals surface area (Å²) in [6.07, 6.45) is 2.02. The maximum absolute atomic E-state index is 12.7. The van der Waals surface area contributed by atoms with Gasteiger partial charge in [-0.05, 0) is 37.4 Å². The first-order chi connectivity index (χ1) is 12.5. The lowest BCUT2D eigenvalue weighted by Crippen LogP contribution is -2.22. The Morgan fingerprint density at radius 2 is 1.54 bits per heavy atom. The Morgan fingerprint density at radius 3 is 2.15 bits per heavy atom. The van der Waals surface area contributed by atoms with Crippen LogP contribution in [0.1, 0.15) is 6.92 Å². The van der Waals surface area contributed by atoms with Crippen LogP contribution in [0.2, 0.25) is 0 Å². The van der Waals surface area contributed by atoms with Crippen molar-refractivity contribution in [3.8, 4) is 0 Å². The van der Waals surface area contributed by atoms with Crippen molar-refractivity contribution in [1.29, 1.82) is 0 Å². The predicted molar refractivity (Wildman–Crippen MR) is 108 cm³/mol. The number of benzene rings is 2. The third-order valence-electron chi connectivity index (χ3n) is 3.65. The molecule has 0 radical (unpaired) electrons. The number of nitrogens with zero attached hydrogens (tertiary/aromatic N) is 2. The lowest BCUT2D eigenvalue weighted by atomic mass is 10.3. The fourth-order valence-corrected chi connectivity index (χ4v) is 4.10. The summed E-state index contributed by atoms with van der Waals surface area (Å²) >= 11 is 1.70. The second-order valence-corrected chi connectivity index (χ2v) is 8.42.